The van der Waals surface area contributed by atoms with Crippen LogP contribution in [0.25, 0.3) is 0 Å². The molecule has 1 aromatic rings. The van der Waals surface area contributed by atoms with E-state index in [-0.39, 0.29) is 5.92 Å². The fourth-order valence-electron chi connectivity index (χ4n) is 3.23. The van der Waals surface area contributed by atoms with Crippen LogP contribution in [0.2, 0.25) is 0 Å². The lowest BCUT2D eigenvalue weighted by Gasteiger charge is -2.33. The maximum atomic E-state index is 13.0. The summed E-state index contributed by atoms with van der Waals surface area (Å²) in [5, 5.41) is 3.43. The van der Waals surface area contributed by atoms with E-state index in [0.29, 0.717) is 18.5 Å². The summed E-state index contributed by atoms with van der Waals surface area (Å²) in [7, 11) is 4.11. The van der Waals surface area contributed by atoms with Gasteiger partial charge in [0.25, 0.3) is 0 Å². The lowest BCUT2D eigenvalue weighted by molar-refractivity contribution is -0.137. The number of piperidine rings is 1. The highest BCUT2D eigenvalue weighted by molar-refractivity contribution is 5.79. The first-order chi connectivity index (χ1) is 11.0. The number of aryl methyl sites for hydroxylation is 1. The summed E-state index contributed by atoms with van der Waals surface area (Å²) in [4.78, 5) is 17.2. The van der Waals surface area contributed by atoms with Crippen molar-refractivity contribution in [1.29, 1.82) is 0 Å². The molecule has 4 heteroatoms. The molecule has 1 aliphatic heterocycles. The van der Waals surface area contributed by atoms with Gasteiger partial charge in [0.05, 0.1) is 0 Å². The molecule has 2 rings (SSSR count). The molecule has 128 valence electrons. The first kappa shape index (κ1) is 18.0. The Morgan fingerprint density at radius 1 is 1.30 bits per heavy atom. The van der Waals surface area contributed by atoms with E-state index in [1.54, 1.807) is 0 Å². The van der Waals surface area contributed by atoms with Crippen molar-refractivity contribution in [3.05, 3.63) is 35.4 Å². The maximum absolute atomic E-state index is 13.0. The van der Waals surface area contributed by atoms with Crippen LogP contribution < -0.4 is 5.32 Å². The number of hydrogen-bond acceptors (Lipinski definition) is 3. The molecule has 1 N–H and O–H groups in total. The maximum Gasteiger partial charge on any atom is 0.226 e. The number of rotatable bonds is 6. The third-order valence-electron chi connectivity index (χ3n) is 4.56. The quantitative estimate of drug-likeness (QED) is 0.874. The summed E-state index contributed by atoms with van der Waals surface area (Å²) in [6.07, 6.45) is 1.90. The molecule has 1 fully saturated rings. The average Bonchev–Trinajstić information content (AvgIpc) is 2.50. The van der Waals surface area contributed by atoms with Gasteiger partial charge in [-0.3, -0.25) is 4.79 Å². The van der Waals surface area contributed by atoms with Crippen LogP contribution in [0, 0.1) is 12.8 Å². The van der Waals surface area contributed by atoms with Crippen LogP contribution in [0.5, 0.6) is 0 Å². The molecule has 1 aliphatic rings. The van der Waals surface area contributed by atoms with E-state index in [2.05, 4.69) is 67.3 Å². The van der Waals surface area contributed by atoms with E-state index < -0.39 is 0 Å². The molecule has 0 bridgehead atoms. The Morgan fingerprint density at radius 2 is 2.09 bits per heavy atom. The van der Waals surface area contributed by atoms with Gasteiger partial charge in [0, 0.05) is 31.6 Å². The number of amides is 1. The van der Waals surface area contributed by atoms with Gasteiger partial charge < -0.3 is 15.1 Å². The number of likely N-dealkylation sites (N-methyl/N-ethyl adjacent to an activating group) is 1. The number of carbonyl (C=O) groups excluding carboxylic acids is 1. The minimum atomic E-state index is 0.165. The van der Waals surface area contributed by atoms with Gasteiger partial charge in [-0.15, -0.1) is 0 Å². The molecule has 1 aromatic carbocycles. The van der Waals surface area contributed by atoms with Crippen molar-refractivity contribution in [3.63, 3.8) is 0 Å². The third-order valence-corrected chi connectivity index (χ3v) is 4.56. The van der Waals surface area contributed by atoms with Crippen LogP contribution in [-0.2, 0) is 11.3 Å². The first-order valence-electron chi connectivity index (χ1n) is 8.68. The van der Waals surface area contributed by atoms with Crippen molar-refractivity contribution < 1.29 is 4.79 Å². The molecule has 2 atom stereocenters. The lowest BCUT2D eigenvalue weighted by atomic mass is 9.92. The van der Waals surface area contributed by atoms with Crippen LogP contribution >= 0.6 is 0 Å². The zero-order valence-corrected chi connectivity index (χ0v) is 15.0. The van der Waals surface area contributed by atoms with Gasteiger partial charge in [0.1, 0.15) is 0 Å². The molecular weight excluding hydrogens is 286 g/mol. The monoisotopic (exact) mass is 317 g/mol. The largest absolute Gasteiger partial charge is 0.337 e. The minimum Gasteiger partial charge on any atom is -0.337 e. The molecule has 0 spiro atoms. The Morgan fingerprint density at radius 3 is 2.74 bits per heavy atom. The van der Waals surface area contributed by atoms with Gasteiger partial charge in [-0.2, -0.15) is 0 Å². The molecule has 1 amide bonds. The Hall–Kier alpha value is -1.39. The molecule has 1 heterocycles. The standard InChI is InChI=1S/C19H31N3O/c1-15-6-5-7-17(12-15)14-22(11-10-21(3)4)19(23)18-8-9-20-16(2)13-18/h5-7,12,16,18,20H,8-11,13-14H2,1-4H3/t16-,18-/m0/s1. The molecular formula is C19H31N3O. The van der Waals surface area contributed by atoms with Gasteiger partial charge in [-0.1, -0.05) is 29.8 Å². The van der Waals surface area contributed by atoms with Crippen molar-refractivity contribution in [2.75, 3.05) is 33.7 Å². The highest BCUT2D eigenvalue weighted by Gasteiger charge is 2.28. The van der Waals surface area contributed by atoms with Crippen molar-refractivity contribution in [2.45, 2.75) is 39.3 Å². The predicted molar refractivity (Wildman–Crippen MR) is 95.3 cm³/mol. The zero-order valence-electron chi connectivity index (χ0n) is 15.0. The van der Waals surface area contributed by atoms with Crippen LogP contribution in [0.3, 0.4) is 0 Å². The van der Waals surface area contributed by atoms with E-state index >= 15 is 0 Å². The smallest absolute Gasteiger partial charge is 0.226 e. The van der Waals surface area contributed by atoms with Gasteiger partial charge in [0.2, 0.25) is 5.91 Å². The van der Waals surface area contributed by atoms with E-state index in [0.717, 1.165) is 32.5 Å². The van der Waals surface area contributed by atoms with Crippen molar-refractivity contribution >= 4 is 5.91 Å². The molecule has 23 heavy (non-hydrogen) atoms. The first-order valence-corrected chi connectivity index (χ1v) is 8.68. The summed E-state index contributed by atoms with van der Waals surface area (Å²) in [5.74, 6) is 0.486. The summed E-state index contributed by atoms with van der Waals surface area (Å²) in [6, 6.07) is 8.91. The van der Waals surface area contributed by atoms with E-state index in [4.69, 9.17) is 0 Å². The van der Waals surface area contributed by atoms with Gasteiger partial charge >= 0.3 is 0 Å². The molecule has 1 saturated heterocycles. The van der Waals surface area contributed by atoms with E-state index in [1.165, 1.54) is 11.1 Å². The summed E-state index contributed by atoms with van der Waals surface area (Å²) < 4.78 is 0. The fourth-order valence-corrected chi connectivity index (χ4v) is 3.23. The highest BCUT2D eigenvalue weighted by atomic mass is 16.2. The second-order valence-corrected chi connectivity index (χ2v) is 7.13. The SMILES string of the molecule is Cc1cccc(CN(CCN(C)C)C(=O)[C@H]2CCN[C@@H](C)C2)c1. The molecule has 4 nitrogen and oxygen atoms in total. The Bertz CT molecular complexity index is 515. The average molecular weight is 317 g/mol. The highest BCUT2D eigenvalue weighted by Crippen LogP contribution is 2.20. The minimum absolute atomic E-state index is 0.165. The van der Waals surface area contributed by atoms with E-state index in [1.807, 2.05) is 0 Å². The van der Waals surface area contributed by atoms with Crippen molar-refractivity contribution in [1.82, 2.24) is 15.1 Å². The van der Waals surface area contributed by atoms with Crippen LogP contribution in [0.1, 0.15) is 30.9 Å². The zero-order chi connectivity index (χ0) is 16.8. The normalized spacial score (nSPS) is 21.4. The van der Waals surface area contributed by atoms with Crippen LogP contribution in [-0.4, -0.2) is 55.5 Å². The molecule has 0 unspecified atom stereocenters. The summed E-state index contributed by atoms with van der Waals surface area (Å²) in [6.45, 7) is 7.63. The topological polar surface area (TPSA) is 35.6 Å². The van der Waals surface area contributed by atoms with Crippen LogP contribution in [0.15, 0.2) is 24.3 Å². The van der Waals surface area contributed by atoms with Gasteiger partial charge in [0.15, 0.2) is 0 Å². The Kier molecular flexibility index (Phi) is 6.60. The number of carbonyl (C=O) groups is 1. The molecule has 0 saturated carbocycles. The van der Waals surface area contributed by atoms with Crippen LogP contribution in [0.4, 0.5) is 0 Å². The molecule has 0 aromatic heterocycles. The number of nitrogens with zero attached hydrogens (tertiary/aromatic N) is 2. The Labute approximate surface area is 140 Å². The Balaban J connectivity index is 2.07. The number of benzene rings is 1. The van der Waals surface area contributed by atoms with Gasteiger partial charge in [-0.25, -0.2) is 0 Å². The van der Waals surface area contributed by atoms with E-state index in [9.17, 15) is 4.79 Å². The number of nitrogens with one attached hydrogen (secondary N) is 1. The van der Waals surface area contributed by atoms with Crippen molar-refractivity contribution in [3.8, 4) is 0 Å². The predicted octanol–water partition coefficient (Wildman–Crippen LogP) is 2.27. The van der Waals surface area contributed by atoms with Crippen molar-refractivity contribution in [2.24, 2.45) is 5.92 Å². The summed E-state index contributed by atoms with van der Waals surface area (Å²) >= 11 is 0. The molecule has 0 radical (unpaired) electrons. The second kappa shape index (κ2) is 8.46. The number of hydrogen-bond donors (Lipinski definition) is 1. The van der Waals surface area contributed by atoms with Gasteiger partial charge in [-0.05, 0) is 52.9 Å². The fraction of sp³-hybridized carbons (Fsp3) is 0.632. The summed E-state index contributed by atoms with van der Waals surface area (Å²) in [5.41, 5.74) is 2.47. The second-order valence-electron chi connectivity index (χ2n) is 7.13. The lowest BCUT2D eigenvalue weighted by Crippen LogP contribution is -2.45. The third kappa shape index (κ3) is 5.63. The molecule has 0 aliphatic carbocycles.